The average molecular weight is 264 g/mol. The molecule has 1 amide bonds. The van der Waals surface area contributed by atoms with Crippen molar-refractivity contribution < 1.29 is 9.53 Å². The van der Waals surface area contributed by atoms with E-state index in [-0.39, 0.29) is 11.6 Å². The van der Waals surface area contributed by atoms with E-state index in [1.807, 2.05) is 0 Å². The van der Waals surface area contributed by atoms with Crippen LogP contribution < -0.4 is 10.1 Å². The van der Waals surface area contributed by atoms with Gasteiger partial charge in [-0.2, -0.15) is 0 Å². The van der Waals surface area contributed by atoms with E-state index in [2.05, 4.69) is 15.3 Å². The number of anilines is 1. The fourth-order valence-electron chi connectivity index (χ4n) is 1.32. The largest absolute Gasteiger partial charge is 0.481 e. The molecule has 0 unspecified atom stereocenters. The molecule has 2 aromatic rings. The third-order valence-electron chi connectivity index (χ3n) is 2.21. The summed E-state index contributed by atoms with van der Waals surface area (Å²) in [5, 5.41) is 3.13. The van der Waals surface area contributed by atoms with E-state index in [0.29, 0.717) is 16.6 Å². The number of benzene rings is 1. The molecule has 5 nitrogen and oxygen atoms in total. The number of amides is 1. The number of ether oxygens (including phenoxy) is 1. The van der Waals surface area contributed by atoms with Crippen molar-refractivity contribution in [3.8, 4) is 5.88 Å². The number of methoxy groups -OCH3 is 1. The molecule has 0 aliphatic carbocycles. The Morgan fingerprint density at radius 2 is 2.11 bits per heavy atom. The molecule has 18 heavy (non-hydrogen) atoms. The average Bonchev–Trinajstić information content (AvgIpc) is 2.41. The molecule has 0 fully saturated rings. The van der Waals surface area contributed by atoms with E-state index in [0.717, 1.165) is 0 Å². The first kappa shape index (κ1) is 12.3. The first-order valence-corrected chi connectivity index (χ1v) is 5.50. The molecular formula is C12H10ClN3O2. The summed E-state index contributed by atoms with van der Waals surface area (Å²) >= 11 is 5.94. The number of aromatic nitrogens is 2. The maximum Gasteiger partial charge on any atom is 0.274 e. The normalized spacial score (nSPS) is 9.89. The quantitative estimate of drug-likeness (QED) is 0.923. The van der Waals surface area contributed by atoms with Gasteiger partial charge in [0.25, 0.3) is 5.91 Å². The Morgan fingerprint density at radius 1 is 1.33 bits per heavy atom. The van der Waals surface area contributed by atoms with Crippen molar-refractivity contribution in [2.24, 2.45) is 0 Å². The van der Waals surface area contributed by atoms with E-state index in [9.17, 15) is 4.79 Å². The van der Waals surface area contributed by atoms with E-state index in [1.54, 1.807) is 24.3 Å². The lowest BCUT2D eigenvalue weighted by Gasteiger charge is -2.06. The highest BCUT2D eigenvalue weighted by molar-refractivity contribution is 6.33. The molecule has 0 aliphatic heterocycles. The Bertz CT molecular complexity index is 575. The van der Waals surface area contributed by atoms with E-state index in [1.165, 1.54) is 19.5 Å². The second kappa shape index (κ2) is 5.46. The zero-order valence-corrected chi connectivity index (χ0v) is 10.3. The predicted molar refractivity (Wildman–Crippen MR) is 68.0 cm³/mol. The van der Waals surface area contributed by atoms with Crippen molar-refractivity contribution in [2.45, 2.75) is 0 Å². The molecule has 0 bridgehead atoms. The third-order valence-corrected chi connectivity index (χ3v) is 2.54. The SMILES string of the molecule is COc1cc(C(=O)Nc2ccccc2Cl)ncn1. The van der Waals surface area contributed by atoms with Crippen LogP contribution in [0.1, 0.15) is 10.5 Å². The number of carbonyl (C=O) groups excluding carboxylic acids is 1. The predicted octanol–water partition coefficient (Wildman–Crippen LogP) is 2.39. The molecular weight excluding hydrogens is 254 g/mol. The molecule has 1 aromatic carbocycles. The Balaban J connectivity index is 2.19. The van der Waals surface area contributed by atoms with Crippen molar-refractivity contribution >= 4 is 23.2 Å². The van der Waals surface area contributed by atoms with Crippen molar-refractivity contribution in [2.75, 3.05) is 12.4 Å². The molecule has 1 N–H and O–H groups in total. The van der Waals surface area contributed by atoms with E-state index in [4.69, 9.17) is 16.3 Å². The van der Waals surface area contributed by atoms with Crippen LogP contribution in [0.3, 0.4) is 0 Å². The van der Waals surface area contributed by atoms with Crippen molar-refractivity contribution in [1.29, 1.82) is 0 Å². The molecule has 0 atom stereocenters. The van der Waals surface area contributed by atoms with Gasteiger partial charge < -0.3 is 10.1 Å². The molecule has 0 saturated carbocycles. The minimum absolute atomic E-state index is 0.210. The van der Waals surface area contributed by atoms with Crippen molar-refractivity contribution in [1.82, 2.24) is 9.97 Å². The summed E-state index contributed by atoms with van der Waals surface area (Å²) in [7, 11) is 1.47. The molecule has 6 heteroatoms. The van der Waals surface area contributed by atoms with Crippen LogP contribution in [0.5, 0.6) is 5.88 Å². The number of nitrogens with zero attached hydrogens (tertiary/aromatic N) is 2. The summed E-state index contributed by atoms with van der Waals surface area (Å²) in [5.41, 5.74) is 0.739. The zero-order valence-electron chi connectivity index (χ0n) is 9.55. The van der Waals surface area contributed by atoms with Crippen LogP contribution in [0.15, 0.2) is 36.7 Å². The summed E-state index contributed by atoms with van der Waals surface area (Å²) in [4.78, 5) is 19.6. The van der Waals surface area contributed by atoms with Crippen LogP contribution in [0.25, 0.3) is 0 Å². The van der Waals surface area contributed by atoms with Gasteiger partial charge in [-0.1, -0.05) is 23.7 Å². The monoisotopic (exact) mass is 263 g/mol. The van der Waals surface area contributed by atoms with Gasteiger partial charge in [0.1, 0.15) is 12.0 Å². The molecule has 0 spiro atoms. The summed E-state index contributed by atoms with van der Waals surface area (Å²) in [5.74, 6) is -0.0434. The number of nitrogens with one attached hydrogen (secondary N) is 1. The van der Waals surface area contributed by atoms with Gasteiger partial charge in [-0.3, -0.25) is 4.79 Å². The number of para-hydroxylation sites is 1. The van der Waals surface area contributed by atoms with Crippen LogP contribution in [-0.2, 0) is 0 Å². The minimum Gasteiger partial charge on any atom is -0.481 e. The third kappa shape index (κ3) is 2.75. The topological polar surface area (TPSA) is 64.1 Å². The van der Waals surface area contributed by atoms with E-state index < -0.39 is 0 Å². The molecule has 1 aromatic heterocycles. The second-order valence-electron chi connectivity index (χ2n) is 3.38. The highest BCUT2D eigenvalue weighted by Crippen LogP contribution is 2.21. The summed E-state index contributed by atoms with van der Waals surface area (Å²) in [6, 6.07) is 8.41. The summed E-state index contributed by atoms with van der Waals surface area (Å²) in [6.45, 7) is 0. The van der Waals surface area contributed by atoms with Crippen LogP contribution >= 0.6 is 11.6 Å². The van der Waals surface area contributed by atoms with Gasteiger partial charge in [-0.05, 0) is 12.1 Å². The lowest BCUT2D eigenvalue weighted by Crippen LogP contribution is -2.14. The van der Waals surface area contributed by atoms with Gasteiger partial charge in [-0.15, -0.1) is 0 Å². The van der Waals surface area contributed by atoms with Crippen LogP contribution in [0.4, 0.5) is 5.69 Å². The standard InChI is InChI=1S/C12H10ClN3O2/c1-18-11-6-10(14-7-15-11)12(17)16-9-5-3-2-4-8(9)13/h2-7H,1H3,(H,16,17). The molecule has 0 aliphatic rings. The van der Waals surface area contributed by atoms with Crippen LogP contribution in [0, 0.1) is 0 Å². The number of hydrogen-bond donors (Lipinski definition) is 1. The van der Waals surface area contributed by atoms with Gasteiger partial charge >= 0.3 is 0 Å². The minimum atomic E-state index is -0.371. The van der Waals surface area contributed by atoms with Crippen molar-refractivity contribution in [3.63, 3.8) is 0 Å². The summed E-state index contributed by atoms with van der Waals surface area (Å²) in [6.07, 6.45) is 1.26. The van der Waals surface area contributed by atoms with Gasteiger partial charge in [0.05, 0.1) is 17.8 Å². The lowest BCUT2D eigenvalue weighted by molar-refractivity contribution is 0.102. The number of rotatable bonds is 3. The van der Waals surface area contributed by atoms with E-state index >= 15 is 0 Å². The molecule has 2 rings (SSSR count). The fraction of sp³-hybridized carbons (Fsp3) is 0.0833. The maximum absolute atomic E-state index is 11.9. The van der Waals surface area contributed by atoms with Gasteiger partial charge in [0, 0.05) is 6.07 Å². The molecule has 0 radical (unpaired) electrons. The zero-order chi connectivity index (χ0) is 13.0. The highest BCUT2D eigenvalue weighted by atomic mass is 35.5. The Kier molecular flexibility index (Phi) is 3.74. The number of carbonyl (C=O) groups is 1. The van der Waals surface area contributed by atoms with Crippen molar-refractivity contribution in [3.05, 3.63) is 47.4 Å². The number of halogens is 1. The number of hydrogen-bond acceptors (Lipinski definition) is 4. The van der Waals surface area contributed by atoms with Crippen LogP contribution in [-0.4, -0.2) is 23.0 Å². The maximum atomic E-state index is 11.9. The van der Waals surface area contributed by atoms with Gasteiger partial charge in [-0.25, -0.2) is 9.97 Å². The smallest absolute Gasteiger partial charge is 0.274 e. The highest BCUT2D eigenvalue weighted by Gasteiger charge is 2.10. The first-order valence-electron chi connectivity index (χ1n) is 5.12. The van der Waals surface area contributed by atoms with Gasteiger partial charge in [0.15, 0.2) is 0 Å². The first-order chi connectivity index (χ1) is 8.70. The second-order valence-corrected chi connectivity index (χ2v) is 3.79. The lowest BCUT2D eigenvalue weighted by atomic mass is 10.3. The molecule has 0 saturated heterocycles. The summed E-state index contributed by atoms with van der Waals surface area (Å²) < 4.78 is 4.92. The Hall–Kier alpha value is -2.14. The van der Waals surface area contributed by atoms with Crippen LogP contribution in [0.2, 0.25) is 5.02 Å². The molecule has 92 valence electrons. The van der Waals surface area contributed by atoms with Gasteiger partial charge in [0.2, 0.25) is 5.88 Å². The molecule has 1 heterocycles. The Morgan fingerprint density at radius 3 is 2.83 bits per heavy atom. The Labute approximate surface area is 109 Å². The fourth-order valence-corrected chi connectivity index (χ4v) is 1.51.